The van der Waals surface area contributed by atoms with Crippen LogP contribution in [0.25, 0.3) is 10.8 Å². The number of hydrogen-bond acceptors (Lipinski definition) is 2. The maximum Gasteiger partial charge on any atom is 0.122 e. The third kappa shape index (κ3) is 3.44. The SMILES string of the molecule is CCOc1ccc(C)cc1C(CN)Cc1cccc2ccccc12. The second-order valence-electron chi connectivity index (χ2n) is 6.25. The highest BCUT2D eigenvalue weighted by atomic mass is 16.5. The summed E-state index contributed by atoms with van der Waals surface area (Å²) >= 11 is 0. The molecule has 3 aromatic rings. The molecule has 0 aliphatic rings. The molecule has 0 amide bonds. The summed E-state index contributed by atoms with van der Waals surface area (Å²) in [6.45, 7) is 5.41. The van der Waals surface area contributed by atoms with Gasteiger partial charge in [-0.15, -0.1) is 0 Å². The van der Waals surface area contributed by atoms with Gasteiger partial charge in [0.25, 0.3) is 0 Å². The van der Waals surface area contributed by atoms with Gasteiger partial charge in [0.1, 0.15) is 5.75 Å². The molecule has 0 spiro atoms. The van der Waals surface area contributed by atoms with Gasteiger partial charge in [0.15, 0.2) is 0 Å². The highest BCUT2D eigenvalue weighted by Gasteiger charge is 2.17. The van der Waals surface area contributed by atoms with E-state index in [1.54, 1.807) is 0 Å². The van der Waals surface area contributed by atoms with Crippen LogP contribution in [0.3, 0.4) is 0 Å². The monoisotopic (exact) mass is 319 g/mol. The average molecular weight is 319 g/mol. The minimum Gasteiger partial charge on any atom is -0.494 e. The molecule has 0 aliphatic heterocycles. The van der Waals surface area contributed by atoms with Crippen LogP contribution in [-0.2, 0) is 6.42 Å². The minimum atomic E-state index is 0.247. The van der Waals surface area contributed by atoms with Crippen LogP contribution in [0, 0.1) is 6.92 Å². The molecule has 1 atom stereocenters. The van der Waals surface area contributed by atoms with E-state index in [2.05, 4.69) is 67.6 Å². The largest absolute Gasteiger partial charge is 0.494 e. The second-order valence-corrected chi connectivity index (χ2v) is 6.25. The Morgan fingerprint density at radius 1 is 1.00 bits per heavy atom. The van der Waals surface area contributed by atoms with E-state index in [4.69, 9.17) is 10.5 Å². The lowest BCUT2D eigenvalue weighted by molar-refractivity contribution is 0.334. The van der Waals surface area contributed by atoms with E-state index in [1.807, 2.05) is 6.92 Å². The van der Waals surface area contributed by atoms with Gasteiger partial charge in [0.2, 0.25) is 0 Å². The van der Waals surface area contributed by atoms with Crippen LogP contribution in [0.4, 0.5) is 0 Å². The fourth-order valence-corrected chi connectivity index (χ4v) is 3.33. The van der Waals surface area contributed by atoms with Gasteiger partial charge >= 0.3 is 0 Å². The third-order valence-electron chi connectivity index (χ3n) is 4.54. The smallest absolute Gasteiger partial charge is 0.122 e. The zero-order valence-electron chi connectivity index (χ0n) is 14.5. The van der Waals surface area contributed by atoms with Gasteiger partial charge in [-0.25, -0.2) is 0 Å². The Bertz CT molecular complexity index is 820. The normalized spacial score (nSPS) is 12.3. The van der Waals surface area contributed by atoms with E-state index >= 15 is 0 Å². The van der Waals surface area contributed by atoms with Crippen LogP contribution in [0.5, 0.6) is 5.75 Å². The number of fused-ring (bicyclic) bond motifs is 1. The van der Waals surface area contributed by atoms with Crippen molar-refractivity contribution in [3.8, 4) is 5.75 Å². The molecule has 3 aromatic carbocycles. The molecule has 2 heteroatoms. The third-order valence-corrected chi connectivity index (χ3v) is 4.54. The molecular weight excluding hydrogens is 294 g/mol. The van der Waals surface area contributed by atoms with Crippen molar-refractivity contribution in [3.63, 3.8) is 0 Å². The van der Waals surface area contributed by atoms with Gasteiger partial charge in [-0.3, -0.25) is 0 Å². The lowest BCUT2D eigenvalue weighted by Gasteiger charge is -2.20. The number of hydrogen-bond donors (Lipinski definition) is 1. The van der Waals surface area contributed by atoms with Crippen LogP contribution < -0.4 is 10.5 Å². The van der Waals surface area contributed by atoms with Gasteiger partial charge in [-0.2, -0.15) is 0 Å². The minimum absolute atomic E-state index is 0.247. The predicted molar refractivity (Wildman–Crippen MR) is 102 cm³/mol. The summed E-state index contributed by atoms with van der Waals surface area (Å²) < 4.78 is 5.84. The Labute approximate surface area is 144 Å². The summed E-state index contributed by atoms with van der Waals surface area (Å²) in [5.74, 6) is 1.20. The molecule has 0 saturated heterocycles. The second kappa shape index (κ2) is 7.50. The Hall–Kier alpha value is -2.32. The first kappa shape index (κ1) is 16.5. The number of ether oxygens (including phenoxy) is 1. The van der Waals surface area contributed by atoms with Crippen molar-refractivity contribution in [2.45, 2.75) is 26.2 Å². The summed E-state index contributed by atoms with van der Waals surface area (Å²) in [6.07, 6.45) is 0.918. The molecule has 1 unspecified atom stereocenters. The quantitative estimate of drug-likeness (QED) is 0.706. The van der Waals surface area contributed by atoms with Crippen LogP contribution in [-0.4, -0.2) is 13.2 Å². The standard InChI is InChI=1S/C22H25NO/c1-3-24-22-12-11-16(2)13-21(22)19(15-23)14-18-9-6-8-17-7-4-5-10-20(17)18/h4-13,19H,3,14-15,23H2,1-2H3. The fourth-order valence-electron chi connectivity index (χ4n) is 3.33. The highest BCUT2D eigenvalue weighted by Crippen LogP contribution is 2.32. The van der Waals surface area contributed by atoms with E-state index in [-0.39, 0.29) is 5.92 Å². The van der Waals surface area contributed by atoms with Crippen molar-refractivity contribution >= 4 is 10.8 Å². The molecule has 0 aliphatic carbocycles. The molecule has 2 nitrogen and oxygen atoms in total. The predicted octanol–water partition coefficient (Wildman–Crippen LogP) is 4.83. The highest BCUT2D eigenvalue weighted by molar-refractivity contribution is 5.85. The van der Waals surface area contributed by atoms with Gasteiger partial charge in [0.05, 0.1) is 6.61 Å². The van der Waals surface area contributed by atoms with Crippen molar-refractivity contribution in [2.75, 3.05) is 13.2 Å². The zero-order valence-corrected chi connectivity index (χ0v) is 14.5. The molecule has 0 fully saturated rings. The molecular formula is C22H25NO. The topological polar surface area (TPSA) is 35.2 Å². The Morgan fingerprint density at radius 3 is 2.58 bits per heavy atom. The molecule has 0 radical (unpaired) electrons. The maximum absolute atomic E-state index is 6.16. The van der Waals surface area contributed by atoms with Crippen LogP contribution in [0.1, 0.15) is 29.5 Å². The Kier molecular flexibility index (Phi) is 5.17. The molecule has 124 valence electrons. The first-order chi connectivity index (χ1) is 11.7. The fraction of sp³-hybridized carbons (Fsp3) is 0.273. The molecule has 2 N–H and O–H groups in total. The summed E-state index contributed by atoms with van der Waals surface area (Å²) in [5.41, 5.74) is 9.95. The summed E-state index contributed by atoms with van der Waals surface area (Å²) in [5, 5.41) is 2.59. The van der Waals surface area contributed by atoms with Gasteiger partial charge < -0.3 is 10.5 Å². The molecule has 0 bridgehead atoms. The lowest BCUT2D eigenvalue weighted by Crippen LogP contribution is -2.16. The molecule has 0 saturated carbocycles. The maximum atomic E-state index is 6.16. The van der Waals surface area contributed by atoms with Crippen molar-refractivity contribution in [3.05, 3.63) is 77.4 Å². The number of rotatable bonds is 6. The van der Waals surface area contributed by atoms with Crippen molar-refractivity contribution < 1.29 is 4.74 Å². The number of benzene rings is 3. The van der Waals surface area contributed by atoms with E-state index in [0.29, 0.717) is 13.2 Å². The molecule has 24 heavy (non-hydrogen) atoms. The van der Waals surface area contributed by atoms with Crippen molar-refractivity contribution in [2.24, 2.45) is 5.73 Å². The van der Waals surface area contributed by atoms with E-state index < -0.39 is 0 Å². The van der Waals surface area contributed by atoms with Crippen molar-refractivity contribution in [1.29, 1.82) is 0 Å². The molecule has 0 aromatic heterocycles. The Balaban J connectivity index is 1.99. The lowest BCUT2D eigenvalue weighted by atomic mass is 9.88. The van der Waals surface area contributed by atoms with Gasteiger partial charge in [0, 0.05) is 5.92 Å². The van der Waals surface area contributed by atoms with Crippen LogP contribution in [0.15, 0.2) is 60.7 Å². The van der Waals surface area contributed by atoms with E-state index in [1.165, 1.54) is 27.5 Å². The van der Waals surface area contributed by atoms with Crippen molar-refractivity contribution in [1.82, 2.24) is 0 Å². The molecule has 3 rings (SSSR count). The van der Waals surface area contributed by atoms with Gasteiger partial charge in [-0.1, -0.05) is 60.2 Å². The van der Waals surface area contributed by atoms with E-state index in [9.17, 15) is 0 Å². The summed E-state index contributed by atoms with van der Waals surface area (Å²) in [6, 6.07) is 21.4. The first-order valence-corrected chi connectivity index (χ1v) is 8.63. The first-order valence-electron chi connectivity index (χ1n) is 8.63. The van der Waals surface area contributed by atoms with E-state index in [0.717, 1.165) is 12.2 Å². The molecule has 0 heterocycles. The number of nitrogens with two attached hydrogens (primary N) is 1. The average Bonchev–Trinajstić information content (AvgIpc) is 2.61. The summed E-state index contributed by atoms with van der Waals surface area (Å²) in [4.78, 5) is 0. The summed E-state index contributed by atoms with van der Waals surface area (Å²) in [7, 11) is 0. The zero-order chi connectivity index (χ0) is 16.9. The Morgan fingerprint density at radius 2 is 1.79 bits per heavy atom. The van der Waals surface area contributed by atoms with Crippen LogP contribution >= 0.6 is 0 Å². The number of aryl methyl sites for hydroxylation is 1. The van der Waals surface area contributed by atoms with Crippen LogP contribution in [0.2, 0.25) is 0 Å². The van der Waals surface area contributed by atoms with Gasteiger partial charge in [-0.05, 0) is 54.8 Å².